The zero-order chi connectivity index (χ0) is 13.4. The van der Waals surface area contributed by atoms with E-state index < -0.39 is 0 Å². The van der Waals surface area contributed by atoms with Gasteiger partial charge in [0.1, 0.15) is 5.82 Å². The second-order valence-corrected chi connectivity index (χ2v) is 4.39. The minimum atomic E-state index is -0.234. The Hall–Kier alpha value is -1.42. The van der Waals surface area contributed by atoms with E-state index in [1.807, 2.05) is 13.8 Å². The molecule has 0 spiro atoms. The summed E-state index contributed by atoms with van der Waals surface area (Å²) in [5.74, 6) is -0.187. The van der Waals surface area contributed by atoms with Gasteiger partial charge in [0.05, 0.1) is 0 Å². The summed E-state index contributed by atoms with van der Waals surface area (Å²) in [6, 6.07) is 6.54. The molecule has 0 saturated carbocycles. The van der Waals surface area contributed by atoms with Crippen LogP contribution in [0.5, 0.6) is 0 Å². The summed E-state index contributed by atoms with van der Waals surface area (Å²) in [4.78, 5) is 11.6. The maximum atomic E-state index is 12.7. The fourth-order valence-electron chi connectivity index (χ4n) is 1.77. The van der Waals surface area contributed by atoms with Crippen molar-refractivity contribution < 1.29 is 9.18 Å². The van der Waals surface area contributed by atoms with E-state index in [4.69, 9.17) is 0 Å². The van der Waals surface area contributed by atoms with Crippen molar-refractivity contribution in [3.63, 3.8) is 0 Å². The third kappa shape index (κ3) is 5.77. The van der Waals surface area contributed by atoms with E-state index >= 15 is 0 Å². The molecule has 1 atom stereocenters. The van der Waals surface area contributed by atoms with Gasteiger partial charge in [-0.15, -0.1) is 0 Å². The molecule has 18 heavy (non-hydrogen) atoms. The summed E-state index contributed by atoms with van der Waals surface area (Å²) >= 11 is 0. The Morgan fingerprint density at radius 1 is 1.33 bits per heavy atom. The normalized spacial score (nSPS) is 12.2. The first-order valence-corrected chi connectivity index (χ1v) is 6.36. The molecule has 1 aromatic rings. The predicted molar refractivity (Wildman–Crippen MR) is 70.9 cm³/mol. The fraction of sp³-hybridized carbons (Fsp3) is 0.500. The van der Waals surface area contributed by atoms with Crippen LogP contribution in [-0.2, 0) is 11.2 Å². The number of hydrogen-bond acceptors (Lipinski definition) is 2. The van der Waals surface area contributed by atoms with Crippen molar-refractivity contribution >= 4 is 5.91 Å². The SMILES string of the molecule is CCNC(C)CC(=O)NCCc1ccc(F)cc1. The Morgan fingerprint density at radius 3 is 2.61 bits per heavy atom. The first-order valence-electron chi connectivity index (χ1n) is 6.36. The number of carbonyl (C=O) groups excluding carboxylic acids is 1. The van der Waals surface area contributed by atoms with E-state index in [-0.39, 0.29) is 17.8 Å². The molecule has 1 unspecified atom stereocenters. The lowest BCUT2D eigenvalue weighted by Crippen LogP contribution is -2.34. The van der Waals surface area contributed by atoms with E-state index in [1.165, 1.54) is 12.1 Å². The van der Waals surface area contributed by atoms with Crippen molar-refractivity contribution in [2.24, 2.45) is 0 Å². The quantitative estimate of drug-likeness (QED) is 0.778. The van der Waals surface area contributed by atoms with Crippen molar-refractivity contribution in [1.29, 1.82) is 0 Å². The molecule has 0 saturated heterocycles. The lowest BCUT2D eigenvalue weighted by molar-refractivity contribution is -0.121. The molecule has 0 bridgehead atoms. The standard InChI is InChI=1S/C14H21FN2O/c1-3-16-11(2)10-14(18)17-9-8-12-4-6-13(15)7-5-12/h4-7,11,16H,3,8-10H2,1-2H3,(H,17,18). The van der Waals surface area contributed by atoms with Gasteiger partial charge in [0, 0.05) is 19.0 Å². The summed E-state index contributed by atoms with van der Waals surface area (Å²) < 4.78 is 12.7. The van der Waals surface area contributed by atoms with Gasteiger partial charge in [0.15, 0.2) is 0 Å². The number of carbonyl (C=O) groups is 1. The Morgan fingerprint density at radius 2 is 2.00 bits per heavy atom. The second-order valence-electron chi connectivity index (χ2n) is 4.39. The van der Waals surface area contributed by atoms with Crippen molar-refractivity contribution in [2.75, 3.05) is 13.1 Å². The highest BCUT2D eigenvalue weighted by Gasteiger charge is 2.06. The van der Waals surface area contributed by atoms with Gasteiger partial charge in [0.25, 0.3) is 0 Å². The maximum Gasteiger partial charge on any atom is 0.221 e. The number of nitrogens with one attached hydrogen (secondary N) is 2. The van der Waals surface area contributed by atoms with E-state index in [2.05, 4.69) is 10.6 Å². The van der Waals surface area contributed by atoms with E-state index in [0.29, 0.717) is 13.0 Å². The number of amides is 1. The highest BCUT2D eigenvalue weighted by atomic mass is 19.1. The molecule has 0 heterocycles. The molecule has 2 N–H and O–H groups in total. The number of hydrogen-bond donors (Lipinski definition) is 2. The first kappa shape index (κ1) is 14.6. The molecule has 0 fully saturated rings. The molecule has 1 amide bonds. The van der Waals surface area contributed by atoms with Crippen LogP contribution in [-0.4, -0.2) is 25.0 Å². The fourth-order valence-corrected chi connectivity index (χ4v) is 1.77. The summed E-state index contributed by atoms with van der Waals surface area (Å²) in [5.41, 5.74) is 1.02. The van der Waals surface area contributed by atoms with Crippen LogP contribution in [0.15, 0.2) is 24.3 Å². The summed E-state index contributed by atoms with van der Waals surface area (Å²) in [6.45, 7) is 5.46. The minimum Gasteiger partial charge on any atom is -0.356 e. The lowest BCUT2D eigenvalue weighted by Gasteiger charge is -2.12. The van der Waals surface area contributed by atoms with Gasteiger partial charge in [-0.1, -0.05) is 19.1 Å². The topological polar surface area (TPSA) is 41.1 Å². The zero-order valence-electron chi connectivity index (χ0n) is 11.0. The summed E-state index contributed by atoms with van der Waals surface area (Å²) in [5, 5.41) is 6.05. The first-order chi connectivity index (χ1) is 8.61. The van der Waals surface area contributed by atoms with Crippen molar-refractivity contribution in [3.8, 4) is 0 Å². The Labute approximate surface area is 108 Å². The van der Waals surface area contributed by atoms with Crippen LogP contribution in [0, 0.1) is 5.82 Å². The lowest BCUT2D eigenvalue weighted by atomic mass is 10.1. The van der Waals surface area contributed by atoms with E-state index in [1.54, 1.807) is 12.1 Å². The predicted octanol–water partition coefficient (Wildman–Crippen LogP) is 1.87. The molecule has 3 nitrogen and oxygen atoms in total. The summed E-state index contributed by atoms with van der Waals surface area (Å²) in [7, 11) is 0. The molecule has 0 aliphatic carbocycles. The van der Waals surface area contributed by atoms with Crippen molar-refractivity contribution in [1.82, 2.24) is 10.6 Å². The zero-order valence-corrected chi connectivity index (χ0v) is 11.0. The third-order valence-corrected chi connectivity index (χ3v) is 2.69. The number of rotatable bonds is 7. The highest BCUT2D eigenvalue weighted by Crippen LogP contribution is 2.02. The van der Waals surface area contributed by atoms with Gasteiger partial charge in [-0.2, -0.15) is 0 Å². The van der Waals surface area contributed by atoms with Crippen LogP contribution >= 0.6 is 0 Å². The van der Waals surface area contributed by atoms with Gasteiger partial charge in [-0.3, -0.25) is 4.79 Å². The van der Waals surface area contributed by atoms with Crippen LogP contribution in [0.4, 0.5) is 4.39 Å². The Bertz CT molecular complexity index is 365. The molecular formula is C14H21FN2O. The van der Waals surface area contributed by atoms with Crippen LogP contribution in [0.25, 0.3) is 0 Å². The number of benzene rings is 1. The van der Waals surface area contributed by atoms with Crippen LogP contribution in [0.2, 0.25) is 0 Å². The van der Waals surface area contributed by atoms with Crippen molar-refractivity contribution in [3.05, 3.63) is 35.6 Å². The molecule has 0 aromatic heterocycles. The average molecular weight is 252 g/mol. The van der Waals surface area contributed by atoms with Crippen molar-refractivity contribution in [2.45, 2.75) is 32.7 Å². The van der Waals surface area contributed by atoms with Gasteiger partial charge in [-0.05, 0) is 37.6 Å². The van der Waals surface area contributed by atoms with Gasteiger partial charge >= 0.3 is 0 Å². The molecule has 0 aliphatic rings. The maximum absolute atomic E-state index is 12.7. The number of halogens is 1. The smallest absolute Gasteiger partial charge is 0.221 e. The molecular weight excluding hydrogens is 231 g/mol. The Balaban J connectivity index is 2.21. The molecule has 1 rings (SSSR count). The monoisotopic (exact) mass is 252 g/mol. The van der Waals surface area contributed by atoms with Crippen LogP contribution < -0.4 is 10.6 Å². The van der Waals surface area contributed by atoms with E-state index in [9.17, 15) is 9.18 Å². The van der Waals surface area contributed by atoms with Gasteiger partial charge in [0.2, 0.25) is 5.91 Å². The molecule has 1 aromatic carbocycles. The van der Waals surface area contributed by atoms with Crippen LogP contribution in [0.1, 0.15) is 25.8 Å². The second kappa shape index (κ2) is 7.82. The van der Waals surface area contributed by atoms with Crippen LogP contribution in [0.3, 0.4) is 0 Å². The average Bonchev–Trinajstić information content (AvgIpc) is 2.32. The molecule has 0 radical (unpaired) electrons. The Kier molecular flexibility index (Phi) is 6.36. The summed E-state index contributed by atoms with van der Waals surface area (Å²) in [6.07, 6.45) is 1.21. The van der Waals surface area contributed by atoms with E-state index in [0.717, 1.165) is 18.5 Å². The van der Waals surface area contributed by atoms with Gasteiger partial charge in [-0.25, -0.2) is 4.39 Å². The van der Waals surface area contributed by atoms with Gasteiger partial charge < -0.3 is 10.6 Å². The highest BCUT2D eigenvalue weighted by molar-refractivity contribution is 5.76. The molecule has 4 heteroatoms. The molecule has 0 aliphatic heterocycles. The minimum absolute atomic E-state index is 0.0468. The molecule has 100 valence electrons. The third-order valence-electron chi connectivity index (χ3n) is 2.69. The largest absolute Gasteiger partial charge is 0.356 e.